The van der Waals surface area contributed by atoms with Crippen LogP contribution in [0.4, 0.5) is 0 Å². The fourth-order valence-corrected chi connectivity index (χ4v) is 3.51. The highest BCUT2D eigenvalue weighted by Gasteiger charge is 2.37. The van der Waals surface area contributed by atoms with E-state index < -0.39 is 5.54 Å². The van der Waals surface area contributed by atoms with Crippen LogP contribution in [0.5, 0.6) is 0 Å². The molecule has 4 heteroatoms. The zero-order chi connectivity index (χ0) is 13.5. The highest BCUT2D eigenvalue weighted by molar-refractivity contribution is 7.09. The number of hydrogen-bond acceptors (Lipinski definition) is 4. The first kappa shape index (κ1) is 12.8. The van der Waals surface area contributed by atoms with Gasteiger partial charge in [0.15, 0.2) is 0 Å². The molecule has 100 valence electrons. The molecule has 0 amide bonds. The van der Waals surface area contributed by atoms with Crippen LogP contribution < -0.4 is 5.73 Å². The van der Waals surface area contributed by atoms with Gasteiger partial charge in [-0.05, 0) is 17.0 Å². The van der Waals surface area contributed by atoms with Crippen LogP contribution in [-0.2, 0) is 16.9 Å². The van der Waals surface area contributed by atoms with Crippen LogP contribution in [0.15, 0.2) is 29.6 Å². The Morgan fingerprint density at radius 3 is 2.89 bits per heavy atom. The van der Waals surface area contributed by atoms with Gasteiger partial charge in [0.05, 0.1) is 18.9 Å². The highest BCUT2D eigenvalue weighted by atomic mass is 32.1. The van der Waals surface area contributed by atoms with E-state index in [1.54, 1.807) is 11.3 Å². The van der Waals surface area contributed by atoms with Crippen LogP contribution in [0, 0.1) is 0 Å². The number of thiazole rings is 1. The standard InChI is InChI=1S/C15H18N2OS/c1-10(2)13-8-19-14(17-13)15(16)9-18-7-11-5-3-4-6-12(11)15/h3-6,8,10H,7,9,16H2,1-2H3. The lowest BCUT2D eigenvalue weighted by atomic mass is 9.87. The molecule has 1 aliphatic rings. The molecule has 1 aromatic heterocycles. The van der Waals surface area contributed by atoms with E-state index in [9.17, 15) is 0 Å². The van der Waals surface area contributed by atoms with Crippen LogP contribution in [0.1, 0.15) is 41.6 Å². The Bertz CT molecular complexity index is 593. The first-order valence-electron chi connectivity index (χ1n) is 6.52. The SMILES string of the molecule is CC(C)c1csc(C2(N)COCc3ccccc32)n1. The van der Waals surface area contributed by atoms with Crippen LogP contribution in [0.2, 0.25) is 0 Å². The zero-order valence-corrected chi connectivity index (χ0v) is 12.0. The van der Waals surface area contributed by atoms with Crippen molar-refractivity contribution in [1.82, 2.24) is 4.98 Å². The third-order valence-corrected chi connectivity index (χ3v) is 4.62. The molecule has 0 fully saturated rings. The van der Waals surface area contributed by atoms with Crippen LogP contribution in [0.25, 0.3) is 0 Å². The largest absolute Gasteiger partial charge is 0.374 e. The lowest BCUT2D eigenvalue weighted by Gasteiger charge is -2.33. The normalized spacial score (nSPS) is 22.5. The number of benzene rings is 1. The number of hydrogen-bond donors (Lipinski definition) is 1. The second-order valence-electron chi connectivity index (χ2n) is 5.35. The maximum Gasteiger partial charge on any atom is 0.120 e. The molecule has 0 bridgehead atoms. The van der Waals surface area contributed by atoms with Crippen molar-refractivity contribution in [3.63, 3.8) is 0 Å². The molecule has 0 aliphatic carbocycles. The number of rotatable bonds is 2. The van der Waals surface area contributed by atoms with Crippen molar-refractivity contribution in [2.45, 2.75) is 31.9 Å². The average Bonchev–Trinajstić information content (AvgIpc) is 2.90. The molecule has 0 spiro atoms. The number of nitrogens with zero attached hydrogens (tertiary/aromatic N) is 1. The summed E-state index contributed by atoms with van der Waals surface area (Å²) >= 11 is 1.63. The summed E-state index contributed by atoms with van der Waals surface area (Å²) in [6.45, 7) is 5.42. The van der Waals surface area contributed by atoms with E-state index in [1.165, 1.54) is 0 Å². The van der Waals surface area contributed by atoms with E-state index in [2.05, 4.69) is 31.4 Å². The summed E-state index contributed by atoms with van der Waals surface area (Å²) in [5, 5.41) is 3.05. The minimum atomic E-state index is -0.605. The first-order valence-corrected chi connectivity index (χ1v) is 7.40. The Kier molecular flexibility index (Phi) is 3.17. The lowest BCUT2D eigenvalue weighted by molar-refractivity contribution is 0.0671. The van der Waals surface area contributed by atoms with E-state index in [4.69, 9.17) is 15.5 Å². The summed E-state index contributed by atoms with van der Waals surface area (Å²) in [5.41, 5.74) is 9.44. The number of ether oxygens (including phenoxy) is 1. The summed E-state index contributed by atoms with van der Waals surface area (Å²) in [5.74, 6) is 0.424. The molecule has 2 aromatic rings. The first-order chi connectivity index (χ1) is 9.11. The predicted octanol–water partition coefficient (Wildman–Crippen LogP) is 3.00. The minimum Gasteiger partial charge on any atom is -0.374 e. The molecule has 0 saturated heterocycles. The Hall–Kier alpha value is -1.23. The van der Waals surface area contributed by atoms with Gasteiger partial charge in [-0.3, -0.25) is 0 Å². The molecule has 19 heavy (non-hydrogen) atoms. The van der Waals surface area contributed by atoms with Crippen molar-refractivity contribution < 1.29 is 4.74 Å². The minimum absolute atomic E-state index is 0.424. The van der Waals surface area contributed by atoms with Crippen molar-refractivity contribution in [3.8, 4) is 0 Å². The van der Waals surface area contributed by atoms with Gasteiger partial charge in [0.1, 0.15) is 10.5 Å². The Morgan fingerprint density at radius 1 is 1.37 bits per heavy atom. The number of aromatic nitrogens is 1. The van der Waals surface area contributed by atoms with E-state index in [0.717, 1.165) is 21.8 Å². The Labute approximate surface area is 117 Å². The van der Waals surface area contributed by atoms with Gasteiger partial charge < -0.3 is 10.5 Å². The maximum absolute atomic E-state index is 6.63. The number of nitrogens with two attached hydrogens (primary N) is 1. The van der Waals surface area contributed by atoms with Gasteiger partial charge in [0.2, 0.25) is 0 Å². The van der Waals surface area contributed by atoms with Gasteiger partial charge in [0, 0.05) is 5.38 Å². The molecule has 3 nitrogen and oxygen atoms in total. The quantitative estimate of drug-likeness (QED) is 0.915. The van der Waals surface area contributed by atoms with Crippen molar-refractivity contribution in [2.75, 3.05) is 6.61 Å². The highest BCUT2D eigenvalue weighted by Crippen LogP contribution is 2.36. The fourth-order valence-electron chi connectivity index (χ4n) is 2.41. The van der Waals surface area contributed by atoms with Crippen LogP contribution in [-0.4, -0.2) is 11.6 Å². The molecular formula is C15H18N2OS. The van der Waals surface area contributed by atoms with E-state index in [-0.39, 0.29) is 0 Å². The van der Waals surface area contributed by atoms with Crippen molar-refractivity contribution in [3.05, 3.63) is 51.5 Å². The van der Waals surface area contributed by atoms with Crippen molar-refractivity contribution in [2.24, 2.45) is 5.73 Å². The smallest absolute Gasteiger partial charge is 0.120 e. The Balaban J connectivity index is 2.08. The van der Waals surface area contributed by atoms with Crippen LogP contribution in [0.3, 0.4) is 0 Å². The van der Waals surface area contributed by atoms with Crippen molar-refractivity contribution in [1.29, 1.82) is 0 Å². The topological polar surface area (TPSA) is 48.1 Å². The molecule has 0 saturated carbocycles. The van der Waals surface area contributed by atoms with Gasteiger partial charge in [-0.1, -0.05) is 38.1 Å². The molecule has 1 aliphatic heterocycles. The second kappa shape index (κ2) is 4.71. The monoisotopic (exact) mass is 274 g/mol. The van der Waals surface area contributed by atoms with E-state index in [1.807, 2.05) is 12.1 Å². The van der Waals surface area contributed by atoms with Gasteiger partial charge in [-0.2, -0.15) is 0 Å². The molecular weight excluding hydrogens is 256 g/mol. The lowest BCUT2D eigenvalue weighted by Crippen LogP contribution is -2.45. The molecule has 2 N–H and O–H groups in total. The molecule has 3 rings (SSSR count). The predicted molar refractivity (Wildman–Crippen MR) is 77.3 cm³/mol. The third-order valence-electron chi connectivity index (χ3n) is 3.58. The Morgan fingerprint density at radius 2 is 2.16 bits per heavy atom. The van der Waals surface area contributed by atoms with Crippen LogP contribution >= 0.6 is 11.3 Å². The summed E-state index contributed by atoms with van der Waals surface area (Å²) in [6.07, 6.45) is 0. The zero-order valence-electron chi connectivity index (χ0n) is 11.2. The molecule has 1 aromatic carbocycles. The third kappa shape index (κ3) is 2.10. The molecule has 1 unspecified atom stereocenters. The summed E-state index contributed by atoms with van der Waals surface area (Å²) in [7, 11) is 0. The average molecular weight is 274 g/mol. The molecule has 0 radical (unpaired) electrons. The number of fused-ring (bicyclic) bond motifs is 1. The van der Waals surface area contributed by atoms with E-state index >= 15 is 0 Å². The second-order valence-corrected chi connectivity index (χ2v) is 6.21. The fraction of sp³-hybridized carbons (Fsp3) is 0.400. The van der Waals surface area contributed by atoms with Gasteiger partial charge >= 0.3 is 0 Å². The van der Waals surface area contributed by atoms with Gasteiger partial charge in [-0.25, -0.2) is 4.98 Å². The summed E-state index contributed by atoms with van der Waals surface area (Å²) in [6, 6.07) is 8.22. The molecule has 2 heterocycles. The van der Waals surface area contributed by atoms with Crippen molar-refractivity contribution >= 4 is 11.3 Å². The van der Waals surface area contributed by atoms with Gasteiger partial charge in [-0.15, -0.1) is 11.3 Å². The summed E-state index contributed by atoms with van der Waals surface area (Å²) in [4.78, 5) is 4.72. The molecule has 1 atom stereocenters. The van der Waals surface area contributed by atoms with Gasteiger partial charge in [0.25, 0.3) is 0 Å². The van der Waals surface area contributed by atoms with E-state index in [0.29, 0.717) is 19.1 Å². The summed E-state index contributed by atoms with van der Waals surface area (Å²) < 4.78 is 5.68. The maximum atomic E-state index is 6.63.